The summed E-state index contributed by atoms with van der Waals surface area (Å²) in [7, 11) is -14.6. The molecule has 1 aliphatic heterocycles. The number of aromatic amines is 1. The third-order valence-corrected chi connectivity index (χ3v) is 8.07. The minimum Gasteiger partial charge on any atom is -0.756 e. The average molecular weight is 500 g/mol. The second kappa shape index (κ2) is 9.65. The molecule has 1 aromatic rings. The zero-order valence-electron chi connectivity index (χ0n) is 16.5. The number of hydrogen-bond acceptors (Lipinski definition) is 12. The monoisotopic (exact) mass is 500 g/mol. The maximum absolute atomic E-state index is 12.0. The van der Waals surface area contributed by atoms with Gasteiger partial charge in [0.1, 0.15) is 17.9 Å². The van der Waals surface area contributed by atoms with Gasteiger partial charge in [0.25, 0.3) is 21.2 Å². The molecule has 5 atom stereocenters. The van der Waals surface area contributed by atoms with Crippen LogP contribution in [0.2, 0.25) is 0 Å². The number of H-pyrrole nitrogens is 1. The summed E-state index contributed by atoms with van der Waals surface area (Å²) in [5.74, 6) is 4.99. The van der Waals surface area contributed by atoms with Crippen molar-refractivity contribution in [1.82, 2.24) is 9.55 Å². The van der Waals surface area contributed by atoms with Crippen molar-refractivity contribution in [3.05, 3.63) is 32.6 Å². The fourth-order valence-corrected chi connectivity index (χ4v) is 6.34. The van der Waals surface area contributed by atoms with Gasteiger partial charge in [-0.15, -0.1) is 5.92 Å². The van der Waals surface area contributed by atoms with Crippen LogP contribution in [0.5, 0.6) is 0 Å². The Morgan fingerprint density at radius 1 is 1.26 bits per heavy atom. The zero-order chi connectivity index (χ0) is 23.6. The van der Waals surface area contributed by atoms with Gasteiger partial charge in [-0.2, -0.15) is 0 Å². The fourth-order valence-electron chi connectivity index (χ4n) is 2.53. The Bertz CT molecular complexity index is 1140. The average Bonchev–Trinajstić information content (AvgIpc) is 2.93. The molecule has 1 aliphatic rings. The Labute approximate surface area is 175 Å². The summed E-state index contributed by atoms with van der Waals surface area (Å²) in [5, 5.41) is 10.1. The summed E-state index contributed by atoms with van der Waals surface area (Å²) in [6, 6.07) is 0. The summed E-state index contributed by atoms with van der Waals surface area (Å²) in [5.41, 5.74) is -1.60. The van der Waals surface area contributed by atoms with E-state index in [1.165, 1.54) is 6.92 Å². The molecule has 1 saturated heterocycles. The number of aliphatic hydroxyl groups is 1. The van der Waals surface area contributed by atoms with Crippen LogP contribution >= 0.6 is 23.0 Å². The van der Waals surface area contributed by atoms with E-state index in [0.29, 0.717) is 0 Å². The van der Waals surface area contributed by atoms with Crippen LogP contribution in [0.1, 0.15) is 25.1 Å². The maximum Gasteiger partial charge on any atom is 0.330 e. The smallest absolute Gasteiger partial charge is 0.330 e. The number of aromatic nitrogens is 2. The lowest BCUT2D eigenvalue weighted by Gasteiger charge is -2.31. The number of hydrogen-bond donors (Lipinski definition) is 2. The molecule has 0 aromatic carbocycles. The highest BCUT2D eigenvalue weighted by Gasteiger charge is 2.37. The first-order chi connectivity index (χ1) is 14.1. The van der Waals surface area contributed by atoms with E-state index >= 15 is 0 Å². The summed E-state index contributed by atoms with van der Waals surface area (Å²) >= 11 is 0. The molecule has 17 heteroatoms. The zero-order valence-corrected chi connectivity index (χ0v) is 19.1. The Morgan fingerprint density at radius 3 is 2.48 bits per heavy atom. The van der Waals surface area contributed by atoms with E-state index < -0.39 is 59.3 Å². The quantitative estimate of drug-likeness (QED) is 0.328. The van der Waals surface area contributed by atoms with Gasteiger partial charge in [-0.05, 0) is 6.92 Å². The summed E-state index contributed by atoms with van der Waals surface area (Å²) in [6.07, 6.45) is -2.77. The van der Waals surface area contributed by atoms with Crippen LogP contribution < -0.4 is 21.0 Å². The summed E-state index contributed by atoms with van der Waals surface area (Å²) < 4.78 is 53.3. The van der Waals surface area contributed by atoms with E-state index in [9.17, 15) is 38.2 Å². The van der Waals surface area contributed by atoms with Gasteiger partial charge >= 0.3 is 5.69 Å². The van der Waals surface area contributed by atoms with Crippen LogP contribution in [0, 0.1) is 11.8 Å². The van der Waals surface area contributed by atoms with Gasteiger partial charge in [0.2, 0.25) is 7.37 Å². The topological polar surface area (TPSA) is 209 Å². The molecular weight excluding hydrogens is 481 g/mol. The van der Waals surface area contributed by atoms with Crippen LogP contribution in [0.15, 0.2) is 15.8 Å². The van der Waals surface area contributed by atoms with Crippen molar-refractivity contribution in [1.29, 1.82) is 0 Å². The third kappa shape index (κ3) is 7.63. The van der Waals surface area contributed by atoms with Crippen molar-refractivity contribution >= 4 is 23.0 Å². The molecule has 2 heterocycles. The highest BCUT2D eigenvalue weighted by atomic mass is 31.3. The van der Waals surface area contributed by atoms with Crippen molar-refractivity contribution in [2.45, 2.75) is 31.8 Å². The molecule has 1 fully saturated rings. The van der Waals surface area contributed by atoms with Crippen LogP contribution in [0.25, 0.3) is 0 Å². The van der Waals surface area contributed by atoms with E-state index in [4.69, 9.17) is 4.74 Å². The van der Waals surface area contributed by atoms with Gasteiger partial charge in [0.15, 0.2) is 0 Å². The second-order valence-corrected chi connectivity index (χ2v) is 12.5. The lowest BCUT2D eigenvalue weighted by atomic mass is 10.2. The molecular formula is C14H19N2O12P3-2. The van der Waals surface area contributed by atoms with E-state index in [1.807, 2.05) is 4.98 Å². The summed E-state index contributed by atoms with van der Waals surface area (Å²) in [6.45, 7) is 2.47. The van der Waals surface area contributed by atoms with Crippen molar-refractivity contribution < 1.29 is 46.5 Å². The molecule has 0 saturated carbocycles. The van der Waals surface area contributed by atoms with Crippen molar-refractivity contribution in [3.63, 3.8) is 0 Å². The van der Waals surface area contributed by atoms with Crippen LogP contribution in [0.3, 0.4) is 0 Å². The Kier molecular flexibility index (Phi) is 8.06. The number of nitrogens with zero attached hydrogens (tertiary/aromatic N) is 1. The molecule has 0 bridgehead atoms. The van der Waals surface area contributed by atoms with Gasteiger partial charge in [-0.25, -0.2) is 9.11 Å². The molecule has 0 radical (unpaired) electrons. The van der Waals surface area contributed by atoms with Crippen molar-refractivity contribution in [2.75, 3.05) is 19.9 Å². The SMILES string of the molecule is CC#Cc1cn(C2CC(O)C(COP(=O)([O-])OP(=O)([O-])OP(C)(C)=O)O2)c(=O)[nH]c1=O. The Balaban J connectivity index is 2.08. The van der Waals surface area contributed by atoms with Crippen molar-refractivity contribution in [2.24, 2.45) is 0 Å². The van der Waals surface area contributed by atoms with Gasteiger partial charge in [-0.3, -0.25) is 32.4 Å². The molecule has 5 unspecified atom stereocenters. The third-order valence-electron chi connectivity index (χ3n) is 3.64. The largest absolute Gasteiger partial charge is 0.756 e. The van der Waals surface area contributed by atoms with E-state index in [1.54, 1.807) is 0 Å². The standard InChI is InChI=1S/C14H21N2O12P3/c1-4-5-9-7-16(14(19)15-13(9)18)12-6-10(17)11(26-12)8-25-30(21,22)28-31(23,24)27-29(2,3)20/h7,10-12,17H,6,8H2,1-3H3,(H,21,22)(H,23,24)(H,15,18,19)/p-2. The van der Waals surface area contributed by atoms with Gasteiger partial charge in [-0.1, -0.05) is 5.92 Å². The number of aliphatic hydroxyl groups excluding tert-OH is 1. The number of ether oxygens (including phenoxy) is 1. The number of rotatable bonds is 8. The number of phosphoric acid groups is 2. The Morgan fingerprint density at radius 2 is 1.90 bits per heavy atom. The predicted octanol–water partition coefficient (Wildman–Crippen LogP) is -0.919. The van der Waals surface area contributed by atoms with Crippen LogP contribution in [0.4, 0.5) is 0 Å². The molecule has 0 amide bonds. The normalized spacial score (nSPS) is 25.3. The predicted molar refractivity (Wildman–Crippen MR) is 101 cm³/mol. The van der Waals surface area contributed by atoms with Crippen LogP contribution in [-0.4, -0.2) is 46.8 Å². The molecule has 0 aliphatic carbocycles. The summed E-state index contributed by atoms with van der Waals surface area (Å²) in [4.78, 5) is 49.0. The van der Waals surface area contributed by atoms with E-state index in [-0.39, 0.29) is 12.0 Å². The molecule has 31 heavy (non-hydrogen) atoms. The molecule has 2 rings (SSSR count). The van der Waals surface area contributed by atoms with E-state index in [0.717, 1.165) is 24.1 Å². The van der Waals surface area contributed by atoms with E-state index in [2.05, 4.69) is 25.0 Å². The molecule has 174 valence electrons. The lowest BCUT2D eigenvalue weighted by Crippen LogP contribution is -2.33. The lowest BCUT2D eigenvalue weighted by molar-refractivity contribution is -0.241. The Hall–Kier alpha value is -1.35. The highest BCUT2D eigenvalue weighted by Crippen LogP contribution is 2.62. The minimum atomic E-state index is -5.50. The fraction of sp³-hybridized carbons (Fsp3) is 0.571. The number of phosphoric ester groups is 1. The first-order valence-electron chi connectivity index (χ1n) is 8.48. The molecule has 1 aromatic heterocycles. The minimum absolute atomic E-state index is 0.0346. The first-order valence-corrected chi connectivity index (χ1v) is 13.9. The van der Waals surface area contributed by atoms with Crippen LogP contribution in [-0.2, 0) is 31.6 Å². The van der Waals surface area contributed by atoms with Gasteiger partial charge in [0, 0.05) is 25.9 Å². The second-order valence-electron chi connectivity index (χ2n) is 6.62. The first kappa shape index (κ1) is 25.9. The van der Waals surface area contributed by atoms with Gasteiger partial charge < -0.3 is 24.2 Å². The van der Waals surface area contributed by atoms with Crippen molar-refractivity contribution in [3.8, 4) is 11.8 Å². The maximum atomic E-state index is 12.0. The molecule has 14 nitrogen and oxygen atoms in total. The van der Waals surface area contributed by atoms with Gasteiger partial charge in [0.05, 0.1) is 12.7 Å². The molecule has 0 spiro atoms. The highest BCUT2D eigenvalue weighted by molar-refractivity contribution is 7.69. The number of nitrogens with one attached hydrogen (secondary N) is 1. The molecule has 2 N–H and O–H groups in total.